The summed E-state index contributed by atoms with van der Waals surface area (Å²) in [7, 11) is 0. The van der Waals surface area contributed by atoms with Crippen molar-refractivity contribution in [2.75, 3.05) is 0 Å². The molecule has 0 radical (unpaired) electrons. The number of fused-ring (bicyclic) bond motifs is 1. The monoisotopic (exact) mass is 256 g/mol. The van der Waals surface area contributed by atoms with Crippen LogP contribution in [0.25, 0.3) is 10.9 Å². The van der Waals surface area contributed by atoms with Crippen molar-refractivity contribution in [1.82, 2.24) is 10.3 Å². The molecular formula is C13H15F3N2. The van der Waals surface area contributed by atoms with Crippen LogP contribution in [0.4, 0.5) is 13.2 Å². The molecule has 2 rings (SSSR count). The first kappa shape index (κ1) is 13.0. The van der Waals surface area contributed by atoms with Crippen LogP contribution < -0.4 is 5.32 Å². The van der Waals surface area contributed by atoms with Crippen molar-refractivity contribution in [3.05, 3.63) is 35.3 Å². The van der Waals surface area contributed by atoms with E-state index in [2.05, 4.69) is 10.3 Å². The quantitative estimate of drug-likeness (QED) is 0.791. The van der Waals surface area contributed by atoms with Gasteiger partial charge in [0.05, 0.1) is 5.52 Å². The predicted octanol–water partition coefficient (Wildman–Crippen LogP) is 3.47. The second-order valence-corrected chi connectivity index (χ2v) is 5.35. The Bertz CT molecular complexity index is 582. The summed E-state index contributed by atoms with van der Waals surface area (Å²) < 4.78 is 39.6. The summed E-state index contributed by atoms with van der Waals surface area (Å²) in [6.07, 6.45) is 0. The second kappa shape index (κ2) is 4.31. The first-order valence-corrected chi connectivity index (χ1v) is 5.68. The van der Waals surface area contributed by atoms with Gasteiger partial charge >= 0.3 is 0 Å². The van der Waals surface area contributed by atoms with Gasteiger partial charge in [0.25, 0.3) is 0 Å². The van der Waals surface area contributed by atoms with Crippen LogP contribution in [0.2, 0.25) is 0 Å². The zero-order valence-corrected chi connectivity index (χ0v) is 10.5. The van der Waals surface area contributed by atoms with Gasteiger partial charge in [-0.3, -0.25) is 0 Å². The van der Waals surface area contributed by atoms with E-state index in [1.807, 2.05) is 20.8 Å². The molecule has 0 unspecified atom stereocenters. The zero-order chi connectivity index (χ0) is 13.5. The molecule has 1 aromatic carbocycles. The van der Waals surface area contributed by atoms with Crippen LogP contribution in [0.5, 0.6) is 0 Å². The molecule has 2 aromatic rings. The lowest BCUT2D eigenvalue weighted by atomic mass is 10.1. The lowest BCUT2D eigenvalue weighted by Crippen LogP contribution is -2.35. The van der Waals surface area contributed by atoms with Crippen molar-refractivity contribution in [3.63, 3.8) is 0 Å². The maximum atomic E-state index is 13.5. The van der Waals surface area contributed by atoms with E-state index in [9.17, 15) is 13.2 Å². The summed E-state index contributed by atoms with van der Waals surface area (Å²) in [6.45, 7) is 6.46. The molecular weight excluding hydrogens is 241 g/mol. The molecule has 0 aliphatic heterocycles. The largest absolute Gasteiger partial charge is 0.357 e. The Hall–Kier alpha value is -1.49. The van der Waals surface area contributed by atoms with Crippen LogP contribution in [-0.2, 0) is 6.54 Å². The summed E-state index contributed by atoms with van der Waals surface area (Å²) in [6, 6.07) is 2.46. The highest BCUT2D eigenvalue weighted by atomic mass is 19.2. The lowest BCUT2D eigenvalue weighted by Gasteiger charge is -2.19. The normalized spacial score (nSPS) is 12.3. The van der Waals surface area contributed by atoms with Gasteiger partial charge in [-0.25, -0.2) is 13.2 Å². The molecule has 0 saturated heterocycles. The summed E-state index contributed by atoms with van der Waals surface area (Å²) in [5.74, 6) is -3.77. The number of nitrogens with one attached hydrogen (secondary N) is 2. The fourth-order valence-corrected chi connectivity index (χ4v) is 1.69. The lowest BCUT2D eigenvalue weighted by molar-refractivity contribution is 0.422. The fourth-order valence-electron chi connectivity index (χ4n) is 1.69. The van der Waals surface area contributed by atoms with Gasteiger partial charge in [-0.15, -0.1) is 0 Å². The van der Waals surface area contributed by atoms with Crippen molar-refractivity contribution < 1.29 is 13.2 Å². The van der Waals surface area contributed by atoms with Crippen LogP contribution in [0.1, 0.15) is 26.5 Å². The van der Waals surface area contributed by atoms with Gasteiger partial charge in [-0.1, -0.05) is 0 Å². The maximum Gasteiger partial charge on any atom is 0.195 e. The molecule has 0 atom stereocenters. The first-order chi connectivity index (χ1) is 8.28. The van der Waals surface area contributed by atoms with Crippen molar-refractivity contribution >= 4 is 10.9 Å². The molecule has 1 aromatic heterocycles. The minimum absolute atomic E-state index is 0.0691. The Morgan fingerprint density at radius 2 is 1.78 bits per heavy atom. The Morgan fingerprint density at radius 1 is 1.11 bits per heavy atom. The summed E-state index contributed by atoms with van der Waals surface area (Å²) in [4.78, 5) is 2.87. The number of aromatic nitrogens is 1. The van der Waals surface area contributed by atoms with E-state index in [1.54, 1.807) is 0 Å². The molecule has 2 nitrogen and oxygen atoms in total. The molecule has 0 saturated carbocycles. The fraction of sp³-hybridized carbons (Fsp3) is 0.385. The SMILES string of the molecule is CC(C)(C)NCc1cc2c(F)c(F)c(F)cc2[nH]1. The van der Waals surface area contributed by atoms with Crippen molar-refractivity contribution in [1.29, 1.82) is 0 Å². The average Bonchev–Trinajstić information content (AvgIpc) is 2.66. The number of halogens is 3. The molecule has 1 heterocycles. The van der Waals surface area contributed by atoms with Gasteiger partial charge in [0.1, 0.15) is 0 Å². The molecule has 18 heavy (non-hydrogen) atoms. The van der Waals surface area contributed by atoms with Crippen LogP contribution in [0, 0.1) is 17.5 Å². The molecule has 0 bridgehead atoms. The summed E-state index contributed by atoms with van der Waals surface area (Å²) >= 11 is 0. The first-order valence-electron chi connectivity index (χ1n) is 5.68. The van der Waals surface area contributed by atoms with Gasteiger partial charge in [-0.2, -0.15) is 0 Å². The molecule has 0 amide bonds. The summed E-state index contributed by atoms with van der Waals surface area (Å²) in [5.41, 5.74) is 0.854. The van der Waals surface area contributed by atoms with E-state index in [-0.39, 0.29) is 16.4 Å². The van der Waals surface area contributed by atoms with Crippen LogP contribution in [0.15, 0.2) is 12.1 Å². The standard InChI is InChI=1S/C13H15F3N2/c1-13(2,3)17-6-7-4-8-10(18-7)5-9(14)12(16)11(8)15/h4-5,17-18H,6H2,1-3H3. The molecule has 0 fully saturated rings. The Morgan fingerprint density at radius 3 is 2.39 bits per heavy atom. The van der Waals surface area contributed by atoms with E-state index >= 15 is 0 Å². The molecule has 2 N–H and O–H groups in total. The Balaban J connectivity index is 2.36. The smallest absolute Gasteiger partial charge is 0.195 e. The molecule has 0 aliphatic carbocycles. The van der Waals surface area contributed by atoms with E-state index in [4.69, 9.17) is 0 Å². The van der Waals surface area contributed by atoms with Crippen LogP contribution in [-0.4, -0.2) is 10.5 Å². The Kier molecular flexibility index (Phi) is 3.11. The van der Waals surface area contributed by atoms with Crippen LogP contribution >= 0.6 is 0 Å². The highest BCUT2D eigenvalue weighted by molar-refractivity contribution is 5.81. The van der Waals surface area contributed by atoms with Gasteiger partial charge in [-0.05, 0) is 26.8 Å². The van der Waals surface area contributed by atoms with Gasteiger partial charge in [0, 0.05) is 29.2 Å². The van der Waals surface area contributed by atoms with Gasteiger partial charge < -0.3 is 10.3 Å². The summed E-state index contributed by atoms with van der Waals surface area (Å²) in [5, 5.41) is 3.28. The van der Waals surface area contributed by atoms with E-state index in [1.165, 1.54) is 6.07 Å². The topological polar surface area (TPSA) is 27.8 Å². The number of benzene rings is 1. The predicted molar refractivity (Wildman–Crippen MR) is 64.8 cm³/mol. The average molecular weight is 256 g/mol. The molecule has 98 valence electrons. The number of hydrogen-bond acceptors (Lipinski definition) is 1. The maximum absolute atomic E-state index is 13.5. The van der Waals surface area contributed by atoms with Crippen molar-refractivity contribution in [3.8, 4) is 0 Å². The molecule has 0 spiro atoms. The minimum atomic E-state index is -1.43. The number of hydrogen-bond donors (Lipinski definition) is 2. The van der Waals surface area contributed by atoms with Gasteiger partial charge in [0.2, 0.25) is 0 Å². The van der Waals surface area contributed by atoms with Crippen molar-refractivity contribution in [2.45, 2.75) is 32.9 Å². The third-order valence-electron chi connectivity index (χ3n) is 2.62. The van der Waals surface area contributed by atoms with Crippen LogP contribution in [0.3, 0.4) is 0 Å². The number of rotatable bonds is 2. The van der Waals surface area contributed by atoms with E-state index < -0.39 is 17.5 Å². The third-order valence-corrected chi connectivity index (χ3v) is 2.62. The van der Waals surface area contributed by atoms with Gasteiger partial charge in [0.15, 0.2) is 17.5 Å². The third kappa shape index (κ3) is 2.51. The number of aromatic amines is 1. The molecule has 5 heteroatoms. The highest BCUT2D eigenvalue weighted by Crippen LogP contribution is 2.23. The van der Waals surface area contributed by atoms with Crippen molar-refractivity contribution in [2.24, 2.45) is 0 Å². The molecule has 0 aliphatic rings. The van der Waals surface area contributed by atoms with E-state index in [0.29, 0.717) is 12.2 Å². The highest BCUT2D eigenvalue weighted by Gasteiger charge is 2.16. The number of H-pyrrole nitrogens is 1. The van der Waals surface area contributed by atoms with E-state index in [0.717, 1.165) is 6.07 Å². The second-order valence-electron chi connectivity index (χ2n) is 5.35. The Labute approximate surface area is 103 Å². The zero-order valence-electron chi connectivity index (χ0n) is 10.5. The minimum Gasteiger partial charge on any atom is -0.357 e.